The number of hydrogen-bond acceptors (Lipinski definition) is 5. The minimum atomic E-state index is -4.28. The fourth-order valence-corrected chi connectivity index (χ4v) is 6.36. The first-order valence-electron chi connectivity index (χ1n) is 9.89. The van der Waals surface area contributed by atoms with E-state index in [9.17, 15) is 18.0 Å². The lowest BCUT2D eigenvalue weighted by Crippen LogP contribution is -2.48. The number of carbonyl (C=O) groups is 2. The van der Waals surface area contributed by atoms with Crippen LogP contribution in [-0.2, 0) is 24.3 Å². The molecule has 2 unspecified atom stereocenters. The zero-order chi connectivity index (χ0) is 23.0. The molecule has 11 heteroatoms. The highest BCUT2D eigenvalue weighted by Gasteiger charge is 2.48. The van der Waals surface area contributed by atoms with Crippen LogP contribution in [0.5, 0.6) is 0 Å². The van der Waals surface area contributed by atoms with Crippen LogP contribution < -0.4 is 4.90 Å². The van der Waals surface area contributed by atoms with Crippen LogP contribution in [0.4, 0.5) is 5.69 Å². The van der Waals surface area contributed by atoms with Gasteiger partial charge in [-0.2, -0.15) is 4.31 Å². The van der Waals surface area contributed by atoms with Crippen LogP contribution in [0.3, 0.4) is 0 Å². The number of halogens is 3. The molecule has 2 saturated heterocycles. The van der Waals surface area contributed by atoms with Crippen molar-refractivity contribution in [2.75, 3.05) is 18.1 Å². The molecule has 0 spiro atoms. The summed E-state index contributed by atoms with van der Waals surface area (Å²) < 4.78 is 33.9. The van der Waals surface area contributed by atoms with Gasteiger partial charge in [0.2, 0.25) is 15.9 Å². The number of amides is 2. The van der Waals surface area contributed by atoms with Gasteiger partial charge in [-0.3, -0.25) is 9.59 Å². The van der Waals surface area contributed by atoms with Crippen molar-refractivity contribution < 1.29 is 22.7 Å². The Morgan fingerprint density at radius 3 is 2.38 bits per heavy atom. The SMILES string of the molecule is O=C1CC(N(CC2CCCO2)S(=O)(=O)c2cc(Cl)ccc2Cl)C(=O)N1c1ccc(Cl)cc1. The van der Waals surface area contributed by atoms with Crippen molar-refractivity contribution >= 4 is 62.3 Å². The van der Waals surface area contributed by atoms with E-state index in [0.717, 1.165) is 15.6 Å². The Morgan fingerprint density at radius 2 is 1.72 bits per heavy atom. The van der Waals surface area contributed by atoms with Crippen molar-refractivity contribution in [3.63, 3.8) is 0 Å². The summed E-state index contributed by atoms with van der Waals surface area (Å²) in [5.74, 6) is -1.15. The molecule has 0 radical (unpaired) electrons. The first-order valence-corrected chi connectivity index (χ1v) is 12.5. The van der Waals surface area contributed by atoms with E-state index < -0.39 is 34.0 Å². The molecule has 2 aromatic carbocycles. The highest BCUT2D eigenvalue weighted by Crippen LogP contribution is 2.34. The average molecular weight is 518 g/mol. The molecule has 0 N–H and O–H groups in total. The first-order chi connectivity index (χ1) is 15.2. The van der Waals surface area contributed by atoms with Crippen molar-refractivity contribution in [3.8, 4) is 0 Å². The van der Waals surface area contributed by atoms with Crippen molar-refractivity contribution in [3.05, 3.63) is 57.5 Å². The van der Waals surface area contributed by atoms with E-state index in [-0.39, 0.29) is 27.9 Å². The van der Waals surface area contributed by atoms with Crippen LogP contribution in [0.25, 0.3) is 0 Å². The van der Waals surface area contributed by atoms with Gasteiger partial charge in [-0.1, -0.05) is 34.8 Å². The number of anilines is 1. The topological polar surface area (TPSA) is 84.0 Å². The molecule has 7 nitrogen and oxygen atoms in total. The standard InChI is InChI=1S/C21H19Cl3N2O5S/c22-13-3-6-15(7-4-13)26-20(27)11-18(21(26)28)25(12-16-2-1-9-31-16)32(29,30)19-10-14(23)5-8-17(19)24/h3-8,10,16,18H,1-2,9,11-12H2. The second-order valence-corrected chi connectivity index (χ2v) is 10.7. The van der Waals surface area contributed by atoms with Gasteiger partial charge in [-0.05, 0) is 55.3 Å². The smallest absolute Gasteiger partial charge is 0.252 e. The molecule has 0 bridgehead atoms. The molecular formula is C21H19Cl3N2O5S. The fourth-order valence-electron chi connectivity index (χ4n) is 3.89. The van der Waals surface area contributed by atoms with Crippen LogP contribution in [0.15, 0.2) is 47.4 Å². The second-order valence-electron chi connectivity index (χ2n) is 7.55. The Labute approximate surface area is 200 Å². The average Bonchev–Trinajstić information content (AvgIpc) is 3.36. The Hall–Kier alpha value is -1.68. The minimum absolute atomic E-state index is 0.0296. The Balaban J connectivity index is 1.73. The van der Waals surface area contributed by atoms with Gasteiger partial charge in [0.05, 0.1) is 23.2 Å². The second kappa shape index (κ2) is 9.29. The number of ether oxygens (including phenoxy) is 1. The molecule has 2 atom stereocenters. The van der Waals surface area contributed by atoms with Crippen LogP contribution in [0, 0.1) is 0 Å². The zero-order valence-electron chi connectivity index (χ0n) is 16.7. The Morgan fingerprint density at radius 1 is 1.03 bits per heavy atom. The lowest BCUT2D eigenvalue weighted by atomic mass is 10.2. The van der Waals surface area contributed by atoms with Crippen molar-refractivity contribution in [1.82, 2.24) is 4.31 Å². The summed E-state index contributed by atoms with van der Waals surface area (Å²) in [7, 11) is -4.28. The number of benzene rings is 2. The van der Waals surface area contributed by atoms with Gasteiger partial charge >= 0.3 is 0 Å². The van der Waals surface area contributed by atoms with Gasteiger partial charge in [0.15, 0.2) is 0 Å². The first kappa shape index (κ1) is 23.5. The van der Waals surface area contributed by atoms with Crippen molar-refractivity contribution in [2.45, 2.75) is 36.3 Å². The summed E-state index contributed by atoms with van der Waals surface area (Å²) in [5.41, 5.74) is 0.321. The number of hydrogen-bond donors (Lipinski definition) is 0. The number of sulfonamides is 1. The molecule has 2 fully saturated rings. The number of rotatable bonds is 6. The van der Waals surface area contributed by atoms with Gasteiger partial charge in [-0.25, -0.2) is 13.3 Å². The summed E-state index contributed by atoms with van der Waals surface area (Å²) >= 11 is 18.1. The van der Waals surface area contributed by atoms with Gasteiger partial charge in [-0.15, -0.1) is 0 Å². The van der Waals surface area contributed by atoms with Crippen LogP contribution in [-0.4, -0.2) is 49.8 Å². The molecule has 0 aliphatic carbocycles. The van der Waals surface area contributed by atoms with Crippen LogP contribution in [0.2, 0.25) is 15.1 Å². The summed E-state index contributed by atoms with van der Waals surface area (Å²) in [5, 5.41) is 0.599. The molecule has 2 aliphatic rings. The molecule has 2 aliphatic heterocycles. The molecule has 0 saturated carbocycles. The van der Waals surface area contributed by atoms with E-state index in [4.69, 9.17) is 39.5 Å². The van der Waals surface area contributed by atoms with Crippen molar-refractivity contribution in [1.29, 1.82) is 0 Å². The normalized spacial score (nSPS) is 21.7. The molecular weight excluding hydrogens is 499 g/mol. The third kappa shape index (κ3) is 4.53. The molecule has 4 rings (SSSR count). The molecule has 170 valence electrons. The zero-order valence-corrected chi connectivity index (χ0v) is 19.8. The lowest BCUT2D eigenvalue weighted by molar-refractivity contribution is -0.122. The van der Waals surface area contributed by atoms with Gasteiger partial charge in [0.25, 0.3) is 5.91 Å². The molecule has 2 amide bonds. The maximum atomic E-state index is 13.6. The van der Waals surface area contributed by atoms with E-state index in [1.54, 1.807) is 12.1 Å². The Kier molecular flexibility index (Phi) is 6.81. The highest BCUT2D eigenvalue weighted by atomic mass is 35.5. The van der Waals surface area contributed by atoms with Gasteiger partial charge < -0.3 is 4.74 Å². The third-order valence-corrected chi connectivity index (χ3v) is 8.29. The predicted octanol–water partition coefficient (Wildman–Crippen LogP) is 4.15. The summed E-state index contributed by atoms with van der Waals surface area (Å²) in [6.45, 7) is 0.425. The quantitative estimate of drug-likeness (QED) is 0.538. The van der Waals surface area contributed by atoms with Gasteiger partial charge in [0.1, 0.15) is 10.9 Å². The van der Waals surface area contributed by atoms with Crippen LogP contribution in [0.1, 0.15) is 19.3 Å². The fraction of sp³-hybridized carbons (Fsp3) is 0.333. The summed E-state index contributed by atoms with van der Waals surface area (Å²) in [6, 6.07) is 9.03. The largest absolute Gasteiger partial charge is 0.377 e. The number of carbonyl (C=O) groups excluding carboxylic acids is 2. The third-order valence-electron chi connectivity index (χ3n) is 5.44. The number of imide groups is 1. The molecule has 2 heterocycles. The molecule has 0 aromatic heterocycles. The lowest BCUT2D eigenvalue weighted by Gasteiger charge is -2.29. The molecule has 2 aromatic rings. The summed E-state index contributed by atoms with van der Waals surface area (Å²) in [4.78, 5) is 26.8. The van der Waals surface area contributed by atoms with E-state index >= 15 is 0 Å². The van der Waals surface area contributed by atoms with E-state index in [1.165, 1.54) is 30.3 Å². The van der Waals surface area contributed by atoms with Crippen molar-refractivity contribution in [2.24, 2.45) is 0 Å². The van der Waals surface area contributed by atoms with E-state index in [1.807, 2.05) is 0 Å². The summed E-state index contributed by atoms with van der Waals surface area (Å²) in [6.07, 6.45) is 0.733. The molecule has 32 heavy (non-hydrogen) atoms. The predicted molar refractivity (Wildman–Crippen MR) is 122 cm³/mol. The maximum absolute atomic E-state index is 13.6. The highest BCUT2D eigenvalue weighted by molar-refractivity contribution is 7.89. The minimum Gasteiger partial charge on any atom is -0.377 e. The van der Waals surface area contributed by atoms with E-state index in [2.05, 4.69) is 0 Å². The number of nitrogens with zero attached hydrogens (tertiary/aromatic N) is 2. The van der Waals surface area contributed by atoms with E-state index in [0.29, 0.717) is 23.7 Å². The maximum Gasteiger partial charge on any atom is 0.252 e. The van der Waals surface area contributed by atoms with Crippen LogP contribution >= 0.6 is 34.8 Å². The monoisotopic (exact) mass is 516 g/mol. The van der Waals surface area contributed by atoms with Gasteiger partial charge in [0, 0.05) is 23.2 Å². The Bertz CT molecular complexity index is 1150.